The van der Waals surface area contributed by atoms with Gasteiger partial charge in [-0.05, 0) is 74.6 Å². The zero-order chi connectivity index (χ0) is 19.1. The van der Waals surface area contributed by atoms with Crippen molar-refractivity contribution in [1.82, 2.24) is 5.32 Å². The van der Waals surface area contributed by atoms with E-state index < -0.39 is 6.10 Å². The van der Waals surface area contributed by atoms with E-state index in [-0.39, 0.29) is 5.91 Å². The van der Waals surface area contributed by atoms with Gasteiger partial charge in [0, 0.05) is 0 Å². The second-order valence-corrected chi connectivity index (χ2v) is 6.75. The number of aryl methyl sites for hydroxylation is 4. The topological polar surface area (TPSA) is 47.6 Å². The third-order valence-electron chi connectivity index (χ3n) is 4.14. The van der Waals surface area contributed by atoms with Crippen LogP contribution in [0.5, 0.6) is 11.5 Å². The van der Waals surface area contributed by atoms with Crippen molar-refractivity contribution in [3.63, 3.8) is 0 Å². The number of amides is 1. The van der Waals surface area contributed by atoms with Gasteiger partial charge in [0.15, 0.2) is 6.10 Å². The van der Waals surface area contributed by atoms with Crippen LogP contribution in [0.1, 0.15) is 35.6 Å². The number of nitrogens with one attached hydrogen (secondary N) is 1. The minimum Gasteiger partial charge on any atom is -0.491 e. The Labute approximate surface area is 156 Å². The molecule has 2 aromatic carbocycles. The second-order valence-electron chi connectivity index (χ2n) is 6.75. The summed E-state index contributed by atoms with van der Waals surface area (Å²) in [6.07, 6.45) is 0.105. The van der Waals surface area contributed by atoms with Crippen molar-refractivity contribution in [3.05, 3.63) is 58.7 Å². The molecular weight excluding hydrogens is 326 g/mol. The fourth-order valence-corrected chi connectivity index (χ4v) is 2.80. The maximum absolute atomic E-state index is 12.4. The number of hydrogen-bond donors (Lipinski definition) is 1. The van der Waals surface area contributed by atoms with Gasteiger partial charge >= 0.3 is 0 Å². The van der Waals surface area contributed by atoms with Gasteiger partial charge in [0.25, 0.3) is 5.91 Å². The Morgan fingerprint density at radius 3 is 2.35 bits per heavy atom. The van der Waals surface area contributed by atoms with Crippen LogP contribution in [0.25, 0.3) is 0 Å². The number of benzene rings is 2. The van der Waals surface area contributed by atoms with Crippen molar-refractivity contribution < 1.29 is 14.3 Å². The highest BCUT2D eigenvalue weighted by atomic mass is 16.5. The molecule has 4 heteroatoms. The van der Waals surface area contributed by atoms with Crippen molar-refractivity contribution in [2.45, 2.75) is 47.1 Å². The summed E-state index contributed by atoms with van der Waals surface area (Å²) in [5.41, 5.74) is 4.49. The van der Waals surface area contributed by atoms with E-state index in [4.69, 9.17) is 9.47 Å². The molecule has 26 heavy (non-hydrogen) atoms. The third-order valence-corrected chi connectivity index (χ3v) is 4.14. The summed E-state index contributed by atoms with van der Waals surface area (Å²) in [5, 5.41) is 2.90. The van der Waals surface area contributed by atoms with Crippen molar-refractivity contribution in [2.24, 2.45) is 0 Å². The van der Waals surface area contributed by atoms with Gasteiger partial charge in [-0.15, -0.1) is 0 Å². The van der Waals surface area contributed by atoms with Gasteiger partial charge in [-0.25, -0.2) is 0 Å². The largest absolute Gasteiger partial charge is 0.491 e. The van der Waals surface area contributed by atoms with E-state index in [0.29, 0.717) is 19.6 Å². The van der Waals surface area contributed by atoms with Gasteiger partial charge in [0.1, 0.15) is 18.1 Å². The van der Waals surface area contributed by atoms with Gasteiger partial charge in [-0.2, -0.15) is 0 Å². The summed E-state index contributed by atoms with van der Waals surface area (Å²) >= 11 is 0. The van der Waals surface area contributed by atoms with Crippen LogP contribution in [0, 0.1) is 27.7 Å². The molecule has 0 aromatic heterocycles. The normalized spacial score (nSPS) is 11.7. The van der Waals surface area contributed by atoms with Gasteiger partial charge in [-0.3, -0.25) is 4.79 Å². The van der Waals surface area contributed by atoms with Gasteiger partial charge < -0.3 is 14.8 Å². The Bertz CT molecular complexity index is 735. The monoisotopic (exact) mass is 355 g/mol. The maximum Gasteiger partial charge on any atom is 0.261 e. The van der Waals surface area contributed by atoms with E-state index >= 15 is 0 Å². The van der Waals surface area contributed by atoms with E-state index in [2.05, 4.69) is 17.4 Å². The summed E-state index contributed by atoms with van der Waals surface area (Å²) in [7, 11) is 0. The lowest BCUT2D eigenvalue weighted by Gasteiger charge is -2.18. The summed E-state index contributed by atoms with van der Waals surface area (Å²) in [6.45, 7) is 10.9. The number of hydrogen-bond acceptors (Lipinski definition) is 3. The fraction of sp³-hybridized carbons (Fsp3) is 0.409. The third kappa shape index (κ3) is 5.80. The summed E-state index contributed by atoms with van der Waals surface area (Å²) in [6, 6.07) is 12.1. The molecule has 140 valence electrons. The van der Waals surface area contributed by atoms with Crippen molar-refractivity contribution in [3.8, 4) is 11.5 Å². The lowest BCUT2D eigenvalue weighted by atomic mass is 10.1. The van der Waals surface area contributed by atoms with Crippen LogP contribution < -0.4 is 14.8 Å². The fourth-order valence-electron chi connectivity index (χ4n) is 2.80. The van der Waals surface area contributed by atoms with Gasteiger partial charge in [-0.1, -0.05) is 25.1 Å². The molecule has 0 heterocycles. The van der Waals surface area contributed by atoms with Crippen molar-refractivity contribution >= 4 is 5.91 Å². The Hall–Kier alpha value is -2.49. The number of ether oxygens (including phenoxy) is 2. The Balaban J connectivity index is 1.84. The zero-order valence-corrected chi connectivity index (χ0v) is 16.4. The first-order valence-electron chi connectivity index (χ1n) is 9.11. The molecule has 0 bridgehead atoms. The van der Waals surface area contributed by atoms with Gasteiger partial charge in [0.2, 0.25) is 0 Å². The average molecular weight is 355 g/mol. The zero-order valence-electron chi connectivity index (χ0n) is 16.4. The summed E-state index contributed by atoms with van der Waals surface area (Å²) in [5.74, 6) is 1.48. The lowest BCUT2D eigenvalue weighted by Crippen LogP contribution is -2.39. The standard InChI is InChI=1S/C22H29NO3/c1-6-20(26-19-12-16(3)11-17(4)13-19)22(24)23-9-10-25-21-14-15(2)7-8-18(21)5/h7-8,11-14,20H,6,9-10H2,1-5H3,(H,23,24)/t20-/m1/s1. The molecule has 2 aromatic rings. The summed E-state index contributed by atoms with van der Waals surface area (Å²) in [4.78, 5) is 12.4. The van der Waals surface area contributed by atoms with Gasteiger partial charge in [0.05, 0.1) is 6.54 Å². The molecule has 2 rings (SSSR count). The van der Waals surface area contributed by atoms with Crippen LogP contribution in [0.2, 0.25) is 0 Å². The van der Waals surface area contributed by atoms with Crippen LogP contribution in [-0.2, 0) is 4.79 Å². The van der Waals surface area contributed by atoms with Crippen LogP contribution in [0.4, 0.5) is 0 Å². The highest BCUT2D eigenvalue weighted by Crippen LogP contribution is 2.19. The van der Waals surface area contributed by atoms with Crippen LogP contribution >= 0.6 is 0 Å². The molecule has 0 aliphatic carbocycles. The highest BCUT2D eigenvalue weighted by Gasteiger charge is 2.18. The average Bonchev–Trinajstić information content (AvgIpc) is 2.58. The van der Waals surface area contributed by atoms with Crippen molar-refractivity contribution in [2.75, 3.05) is 13.2 Å². The molecule has 0 aliphatic heterocycles. The molecule has 1 atom stereocenters. The molecule has 1 N–H and O–H groups in total. The van der Waals surface area contributed by atoms with E-state index in [9.17, 15) is 4.79 Å². The van der Waals surface area contributed by atoms with Crippen LogP contribution in [0.15, 0.2) is 36.4 Å². The molecule has 1 amide bonds. The quantitative estimate of drug-likeness (QED) is 0.719. The molecule has 0 aliphatic rings. The van der Waals surface area contributed by atoms with Crippen molar-refractivity contribution in [1.29, 1.82) is 0 Å². The molecule has 0 saturated heterocycles. The molecule has 0 unspecified atom stereocenters. The second kappa shape index (κ2) is 9.27. The first-order chi connectivity index (χ1) is 12.4. The first kappa shape index (κ1) is 19.8. The number of rotatable bonds is 8. The lowest BCUT2D eigenvalue weighted by molar-refractivity contribution is -0.128. The SMILES string of the molecule is CC[C@@H](Oc1cc(C)cc(C)c1)C(=O)NCCOc1cc(C)ccc1C. The Kier molecular flexibility index (Phi) is 7.07. The maximum atomic E-state index is 12.4. The smallest absolute Gasteiger partial charge is 0.261 e. The van der Waals surface area contributed by atoms with E-state index in [1.165, 1.54) is 0 Å². The molecule has 0 spiro atoms. The molecule has 0 fully saturated rings. The highest BCUT2D eigenvalue weighted by molar-refractivity contribution is 5.81. The number of carbonyl (C=O) groups excluding carboxylic acids is 1. The molecule has 0 radical (unpaired) electrons. The summed E-state index contributed by atoms with van der Waals surface area (Å²) < 4.78 is 11.7. The minimum atomic E-state index is -0.503. The van der Waals surface area contributed by atoms with E-state index in [0.717, 1.165) is 33.8 Å². The first-order valence-corrected chi connectivity index (χ1v) is 9.11. The molecule has 0 saturated carbocycles. The Morgan fingerprint density at radius 1 is 1.00 bits per heavy atom. The number of carbonyl (C=O) groups is 1. The van der Waals surface area contributed by atoms with E-state index in [1.54, 1.807) is 0 Å². The Morgan fingerprint density at radius 2 is 1.69 bits per heavy atom. The minimum absolute atomic E-state index is 0.115. The van der Waals surface area contributed by atoms with Crippen LogP contribution in [0.3, 0.4) is 0 Å². The van der Waals surface area contributed by atoms with E-state index in [1.807, 2.05) is 58.9 Å². The molecular formula is C22H29NO3. The van der Waals surface area contributed by atoms with Crippen LogP contribution in [-0.4, -0.2) is 25.2 Å². The molecule has 4 nitrogen and oxygen atoms in total. The predicted octanol–water partition coefficient (Wildman–Crippen LogP) is 4.27. The predicted molar refractivity (Wildman–Crippen MR) is 105 cm³/mol.